The fourth-order valence-corrected chi connectivity index (χ4v) is 2.30. The van der Waals surface area contributed by atoms with E-state index in [1.807, 2.05) is 57.2 Å². The molecule has 1 aromatic heterocycles. The van der Waals surface area contributed by atoms with Crippen LogP contribution < -0.4 is 10.6 Å². The van der Waals surface area contributed by atoms with Gasteiger partial charge in [-0.1, -0.05) is 30.3 Å². The monoisotopic (exact) mass is 286 g/mol. The SMILES string of the molecule is Cc1cc(C(C)NCC(=O)NCc2ccccc2)c(C)o1. The number of nitrogens with one attached hydrogen (secondary N) is 2. The van der Waals surface area contributed by atoms with Crippen LogP contribution in [0.15, 0.2) is 40.8 Å². The van der Waals surface area contributed by atoms with Gasteiger partial charge in [0.25, 0.3) is 0 Å². The average Bonchev–Trinajstić information content (AvgIpc) is 2.82. The largest absolute Gasteiger partial charge is 0.466 e. The first-order chi connectivity index (χ1) is 10.1. The first-order valence-corrected chi connectivity index (χ1v) is 7.17. The van der Waals surface area contributed by atoms with Crippen LogP contribution in [-0.2, 0) is 11.3 Å². The Morgan fingerprint density at radius 2 is 1.95 bits per heavy atom. The van der Waals surface area contributed by atoms with E-state index in [4.69, 9.17) is 4.42 Å². The van der Waals surface area contributed by atoms with Crippen molar-refractivity contribution < 1.29 is 9.21 Å². The Hall–Kier alpha value is -2.07. The van der Waals surface area contributed by atoms with Gasteiger partial charge in [0, 0.05) is 18.2 Å². The van der Waals surface area contributed by atoms with E-state index in [-0.39, 0.29) is 18.5 Å². The number of furan rings is 1. The summed E-state index contributed by atoms with van der Waals surface area (Å²) in [6.45, 7) is 6.74. The maximum absolute atomic E-state index is 11.8. The zero-order valence-electron chi connectivity index (χ0n) is 12.8. The summed E-state index contributed by atoms with van der Waals surface area (Å²) in [5, 5.41) is 6.12. The molecule has 21 heavy (non-hydrogen) atoms. The van der Waals surface area contributed by atoms with Gasteiger partial charge in [-0.25, -0.2) is 0 Å². The molecule has 4 heteroatoms. The van der Waals surface area contributed by atoms with Crippen LogP contribution in [0.25, 0.3) is 0 Å². The lowest BCUT2D eigenvalue weighted by Gasteiger charge is -2.13. The topological polar surface area (TPSA) is 54.3 Å². The van der Waals surface area contributed by atoms with E-state index in [1.54, 1.807) is 0 Å². The van der Waals surface area contributed by atoms with Crippen LogP contribution >= 0.6 is 0 Å². The summed E-state index contributed by atoms with van der Waals surface area (Å²) in [6.07, 6.45) is 0. The summed E-state index contributed by atoms with van der Waals surface area (Å²) in [7, 11) is 0. The van der Waals surface area contributed by atoms with Gasteiger partial charge in [0.05, 0.1) is 6.54 Å². The molecule has 4 nitrogen and oxygen atoms in total. The number of amides is 1. The van der Waals surface area contributed by atoms with Crippen LogP contribution in [0.4, 0.5) is 0 Å². The number of aryl methyl sites for hydroxylation is 2. The van der Waals surface area contributed by atoms with Crippen LogP contribution in [0.1, 0.15) is 35.6 Å². The standard InChI is InChI=1S/C17H22N2O2/c1-12-9-16(14(3)21-12)13(2)18-11-17(20)19-10-15-7-5-4-6-8-15/h4-9,13,18H,10-11H2,1-3H3,(H,19,20). The number of hydrogen-bond donors (Lipinski definition) is 2. The maximum atomic E-state index is 11.8. The molecule has 0 aliphatic carbocycles. The van der Waals surface area contributed by atoms with E-state index < -0.39 is 0 Å². The highest BCUT2D eigenvalue weighted by Gasteiger charge is 2.13. The molecule has 112 valence electrons. The van der Waals surface area contributed by atoms with Gasteiger partial charge in [-0.05, 0) is 32.4 Å². The van der Waals surface area contributed by atoms with Crippen molar-refractivity contribution in [3.05, 3.63) is 59.0 Å². The Balaban J connectivity index is 1.77. The predicted octanol–water partition coefficient (Wildman–Crippen LogP) is 2.86. The fourth-order valence-electron chi connectivity index (χ4n) is 2.30. The zero-order valence-corrected chi connectivity index (χ0v) is 12.8. The quantitative estimate of drug-likeness (QED) is 0.858. The molecule has 2 rings (SSSR count). The molecule has 0 spiro atoms. The van der Waals surface area contributed by atoms with Crippen LogP contribution in [0, 0.1) is 13.8 Å². The molecule has 0 radical (unpaired) electrons. The molecule has 0 bridgehead atoms. The third-order valence-corrected chi connectivity index (χ3v) is 3.45. The summed E-state index contributed by atoms with van der Waals surface area (Å²) in [4.78, 5) is 11.8. The molecule has 1 amide bonds. The van der Waals surface area contributed by atoms with Crippen molar-refractivity contribution >= 4 is 5.91 Å². The van der Waals surface area contributed by atoms with Crippen molar-refractivity contribution in [1.29, 1.82) is 0 Å². The molecule has 0 saturated heterocycles. The van der Waals surface area contributed by atoms with Gasteiger partial charge in [-0.2, -0.15) is 0 Å². The molecular formula is C17H22N2O2. The minimum absolute atomic E-state index is 0.0106. The second-order valence-electron chi connectivity index (χ2n) is 5.23. The molecule has 1 unspecified atom stereocenters. The fraction of sp³-hybridized carbons (Fsp3) is 0.353. The highest BCUT2D eigenvalue weighted by atomic mass is 16.3. The van der Waals surface area contributed by atoms with Gasteiger partial charge in [-0.15, -0.1) is 0 Å². The second kappa shape index (κ2) is 7.09. The summed E-state index contributed by atoms with van der Waals surface area (Å²) in [5.74, 6) is 1.78. The van der Waals surface area contributed by atoms with Gasteiger partial charge in [-0.3, -0.25) is 4.79 Å². The Bertz CT molecular complexity index is 590. The van der Waals surface area contributed by atoms with Crippen molar-refractivity contribution in [3.63, 3.8) is 0 Å². The van der Waals surface area contributed by atoms with E-state index in [0.29, 0.717) is 6.54 Å². The molecule has 1 atom stereocenters. The molecule has 0 aliphatic heterocycles. The van der Waals surface area contributed by atoms with E-state index in [0.717, 1.165) is 22.6 Å². The maximum Gasteiger partial charge on any atom is 0.234 e. The normalized spacial score (nSPS) is 12.1. The average molecular weight is 286 g/mol. The molecule has 0 saturated carbocycles. The first kappa shape index (κ1) is 15.3. The number of hydrogen-bond acceptors (Lipinski definition) is 3. The Morgan fingerprint density at radius 3 is 2.57 bits per heavy atom. The van der Waals surface area contributed by atoms with Crippen molar-refractivity contribution in [2.24, 2.45) is 0 Å². The molecule has 1 heterocycles. The van der Waals surface area contributed by atoms with Crippen molar-refractivity contribution in [3.8, 4) is 0 Å². The van der Waals surface area contributed by atoms with Crippen molar-refractivity contribution in [1.82, 2.24) is 10.6 Å². The van der Waals surface area contributed by atoms with Crippen molar-refractivity contribution in [2.75, 3.05) is 6.54 Å². The van der Waals surface area contributed by atoms with E-state index >= 15 is 0 Å². The Labute approximate surface area is 125 Å². The first-order valence-electron chi connectivity index (χ1n) is 7.17. The molecule has 2 aromatic rings. The van der Waals surface area contributed by atoms with Crippen LogP contribution in [-0.4, -0.2) is 12.5 Å². The minimum atomic E-state index is -0.0106. The number of carbonyl (C=O) groups excluding carboxylic acids is 1. The minimum Gasteiger partial charge on any atom is -0.466 e. The van der Waals surface area contributed by atoms with E-state index in [2.05, 4.69) is 10.6 Å². The van der Waals surface area contributed by atoms with Gasteiger partial charge in [0.2, 0.25) is 5.91 Å². The van der Waals surface area contributed by atoms with Crippen molar-refractivity contribution in [2.45, 2.75) is 33.4 Å². The Morgan fingerprint density at radius 1 is 1.24 bits per heavy atom. The highest BCUT2D eigenvalue weighted by Crippen LogP contribution is 2.20. The van der Waals surface area contributed by atoms with Gasteiger partial charge < -0.3 is 15.1 Å². The van der Waals surface area contributed by atoms with Gasteiger partial charge >= 0.3 is 0 Å². The van der Waals surface area contributed by atoms with E-state index in [1.165, 1.54) is 0 Å². The number of carbonyl (C=O) groups is 1. The molecule has 2 N–H and O–H groups in total. The molecular weight excluding hydrogens is 264 g/mol. The summed E-state index contributed by atoms with van der Waals surface area (Å²) in [6, 6.07) is 12.0. The predicted molar refractivity (Wildman–Crippen MR) is 82.9 cm³/mol. The lowest BCUT2D eigenvalue weighted by atomic mass is 10.1. The summed E-state index contributed by atoms with van der Waals surface area (Å²) in [5.41, 5.74) is 2.20. The number of rotatable bonds is 6. The smallest absolute Gasteiger partial charge is 0.234 e. The third kappa shape index (κ3) is 4.46. The van der Waals surface area contributed by atoms with E-state index in [9.17, 15) is 4.79 Å². The number of benzene rings is 1. The lowest BCUT2D eigenvalue weighted by Crippen LogP contribution is -2.34. The summed E-state index contributed by atoms with van der Waals surface area (Å²) < 4.78 is 5.51. The zero-order chi connectivity index (χ0) is 15.2. The van der Waals surface area contributed by atoms with Crippen LogP contribution in [0.2, 0.25) is 0 Å². The van der Waals surface area contributed by atoms with Gasteiger partial charge in [0.15, 0.2) is 0 Å². The Kier molecular flexibility index (Phi) is 5.17. The molecule has 1 aromatic carbocycles. The molecule has 0 aliphatic rings. The van der Waals surface area contributed by atoms with Gasteiger partial charge in [0.1, 0.15) is 11.5 Å². The van der Waals surface area contributed by atoms with Crippen LogP contribution in [0.5, 0.6) is 0 Å². The third-order valence-electron chi connectivity index (χ3n) is 3.45. The van der Waals surface area contributed by atoms with Crippen LogP contribution in [0.3, 0.4) is 0 Å². The molecule has 0 fully saturated rings. The lowest BCUT2D eigenvalue weighted by molar-refractivity contribution is -0.120. The summed E-state index contributed by atoms with van der Waals surface area (Å²) >= 11 is 0. The highest BCUT2D eigenvalue weighted by molar-refractivity contribution is 5.78. The second-order valence-corrected chi connectivity index (χ2v) is 5.23.